The maximum Gasteiger partial charge on any atom is 0.230 e. The molecule has 0 aromatic rings. The Hall–Kier alpha value is -0.570. The molecule has 0 aliphatic heterocycles. The Kier molecular flexibility index (Phi) is 3.20. The van der Waals surface area contributed by atoms with E-state index >= 15 is 0 Å². The molecule has 2 N–H and O–H groups in total. The fourth-order valence-corrected chi connectivity index (χ4v) is 2.31. The lowest BCUT2D eigenvalue weighted by Crippen LogP contribution is -2.55. The molecular weight excluding hydrogens is 176 g/mol. The molecule has 0 aromatic carbocycles. The minimum absolute atomic E-state index is 0.230. The summed E-state index contributed by atoms with van der Waals surface area (Å²) >= 11 is 0. The van der Waals surface area contributed by atoms with Gasteiger partial charge in [0.05, 0.1) is 5.41 Å². The van der Waals surface area contributed by atoms with Crippen LogP contribution in [0.4, 0.5) is 0 Å². The molecule has 14 heavy (non-hydrogen) atoms. The van der Waals surface area contributed by atoms with Crippen molar-refractivity contribution >= 4 is 5.91 Å². The molecule has 3 nitrogen and oxygen atoms in total. The van der Waals surface area contributed by atoms with Crippen molar-refractivity contribution in [2.75, 3.05) is 13.6 Å². The number of rotatable bonds is 3. The van der Waals surface area contributed by atoms with Gasteiger partial charge in [0, 0.05) is 19.6 Å². The number of nitrogens with zero attached hydrogens (tertiary/aromatic N) is 1. The first kappa shape index (κ1) is 11.5. The molecule has 0 radical (unpaired) electrons. The Balaban J connectivity index is 2.67. The number of amides is 1. The van der Waals surface area contributed by atoms with Gasteiger partial charge in [0.2, 0.25) is 5.91 Å². The van der Waals surface area contributed by atoms with Crippen LogP contribution in [0.1, 0.15) is 33.6 Å². The molecule has 0 heterocycles. The zero-order valence-electron chi connectivity index (χ0n) is 9.71. The van der Waals surface area contributed by atoms with Gasteiger partial charge in [-0.25, -0.2) is 0 Å². The fourth-order valence-electron chi connectivity index (χ4n) is 2.31. The molecule has 1 rings (SSSR count). The molecule has 1 saturated carbocycles. The smallest absolute Gasteiger partial charge is 0.230 e. The minimum Gasteiger partial charge on any atom is -0.343 e. The average molecular weight is 198 g/mol. The van der Waals surface area contributed by atoms with Crippen LogP contribution < -0.4 is 5.73 Å². The van der Waals surface area contributed by atoms with E-state index in [1.807, 2.05) is 25.8 Å². The Morgan fingerprint density at radius 1 is 1.57 bits per heavy atom. The van der Waals surface area contributed by atoms with Crippen LogP contribution in [0.2, 0.25) is 0 Å². The molecule has 1 amide bonds. The summed E-state index contributed by atoms with van der Waals surface area (Å²) in [7, 11) is 1.87. The molecule has 1 aliphatic carbocycles. The molecule has 0 aromatic heterocycles. The predicted octanol–water partition coefficient (Wildman–Crippen LogP) is 1.23. The fraction of sp³-hybridized carbons (Fsp3) is 0.909. The van der Waals surface area contributed by atoms with E-state index in [2.05, 4.69) is 6.92 Å². The van der Waals surface area contributed by atoms with Crippen LogP contribution in [0.5, 0.6) is 0 Å². The van der Waals surface area contributed by atoms with Gasteiger partial charge in [0.1, 0.15) is 0 Å². The van der Waals surface area contributed by atoms with E-state index in [-0.39, 0.29) is 17.4 Å². The molecule has 0 atom stereocenters. The second-order valence-corrected chi connectivity index (χ2v) is 5.01. The monoisotopic (exact) mass is 198 g/mol. The van der Waals surface area contributed by atoms with Crippen LogP contribution in [0.15, 0.2) is 0 Å². The lowest BCUT2D eigenvalue weighted by Gasteiger charge is -2.46. The van der Waals surface area contributed by atoms with E-state index < -0.39 is 0 Å². The van der Waals surface area contributed by atoms with Gasteiger partial charge >= 0.3 is 0 Å². The lowest BCUT2D eigenvalue weighted by atomic mass is 9.62. The first-order valence-electron chi connectivity index (χ1n) is 5.40. The Morgan fingerprint density at radius 3 is 2.36 bits per heavy atom. The average Bonchev–Trinajstić information content (AvgIpc) is 2.10. The van der Waals surface area contributed by atoms with Gasteiger partial charge < -0.3 is 10.6 Å². The Bertz CT molecular complexity index is 219. The first-order valence-corrected chi connectivity index (χ1v) is 5.40. The summed E-state index contributed by atoms with van der Waals surface area (Å²) in [6.45, 7) is 6.73. The van der Waals surface area contributed by atoms with Gasteiger partial charge in [-0.15, -0.1) is 0 Å². The van der Waals surface area contributed by atoms with Gasteiger partial charge in [0.25, 0.3) is 0 Å². The van der Waals surface area contributed by atoms with Crippen molar-refractivity contribution in [3.05, 3.63) is 0 Å². The number of carbonyl (C=O) groups excluding carboxylic acids is 1. The molecule has 0 unspecified atom stereocenters. The van der Waals surface area contributed by atoms with E-state index in [4.69, 9.17) is 5.73 Å². The standard InChI is InChI=1S/C11H22N2O/c1-8(2)13(4)10(14)11(7-12)5-9(3)6-11/h8-9H,5-7,12H2,1-4H3. The number of nitrogens with two attached hydrogens (primary N) is 1. The largest absolute Gasteiger partial charge is 0.343 e. The quantitative estimate of drug-likeness (QED) is 0.741. The summed E-state index contributed by atoms with van der Waals surface area (Å²) < 4.78 is 0. The highest BCUT2D eigenvalue weighted by Crippen LogP contribution is 2.45. The van der Waals surface area contributed by atoms with Crippen molar-refractivity contribution < 1.29 is 4.79 Å². The maximum atomic E-state index is 12.1. The van der Waals surface area contributed by atoms with Gasteiger partial charge in [0.15, 0.2) is 0 Å². The van der Waals surface area contributed by atoms with E-state index in [1.165, 1.54) is 0 Å². The summed E-state index contributed by atoms with van der Waals surface area (Å²) in [5.41, 5.74) is 5.48. The van der Waals surface area contributed by atoms with Gasteiger partial charge in [-0.05, 0) is 32.6 Å². The molecule has 1 fully saturated rings. The van der Waals surface area contributed by atoms with E-state index in [1.54, 1.807) is 0 Å². The van der Waals surface area contributed by atoms with E-state index in [0.717, 1.165) is 12.8 Å². The van der Waals surface area contributed by atoms with Crippen LogP contribution in [0.3, 0.4) is 0 Å². The zero-order chi connectivity index (χ0) is 10.9. The molecule has 82 valence electrons. The highest BCUT2D eigenvalue weighted by molar-refractivity contribution is 5.84. The summed E-state index contributed by atoms with van der Waals surface area (Å²) in [5, 5.41) is 0. The molecule has 0 saturated heterocycles. The normalized spacial score (nSPS) is 31.4. The summed E-state index contributed by atoms with van der Waals surface area (Å²) in [4.78, 5) is 13.9. The van der Waals surface area contributed by atoms with Crippen LogP contribution >= 0.6 is 0 Å². The van der Waals surface area contributed by atoms with Crippen LogP contribution in [-0.4, -0.2) is 30.4 Å². The Morgan fingerprint density at radius 2 is 2.07 bits per heavy atom. The molecular formula is C11H22N2O. The SMILES string of the molecule is CC1CC(CN)(C(=O)N(C)C(C)C)C1. The van der Waals surface area contributed by atoms with Crippen molar-refractivity contribution in [2.24, 2.45) is 17.1 Å². The van der Waals surface area contributed by atoms with E-state index in [9.17, 15) is 4.79 Å². The second kappa shape index (κ2) is 3.89. The van der Waals surface area contributed by atoms with Crippen molar-refractivity contribution in [1.82, 2.24) is 4.90 Å². The molecule has 0 spiro atoms. The summed E-state index contributed by atoms with van der Waals surface area (Å²) in [6.07, 6.45) is 1.92. The highest BCUT2D eigenvalue weighted by Gasteiger charge is 2.48. The van der Waals surface area contributed by atoms with Crippen molar-refractivity contribution in [2.45, 2.75) is 39.7 Å². The predicted molar refractivity (Wildman–Crippen MR) is 57.8 cm³/mol. The molecule has 1 aliphatic rings. The number of carbonyl (C=O) groups is 1. The molecule has 0 bridgehead atoms. The van der Waals surface area contributed by atoms with Crippen molar-refractivity contribution in [1.29, 1.82) is 0 Å². The van der Waals surface area contributed by atoms with Crippen LogP contribution in [-0.2, 0) is 4.79 Å². The highest BCUT2D eigenvalue weighted by atomic mass is 16.2. The van der Waals surface area contributed by atoms with Crippen LogP contribution in [0, 0.1) is 11.3 Å². The molecule has 3 heteroatoms. The third kappa shape index (κ3) is 1.78. The van der Waals surface area contributed by atoms with Gasteiger partial charge in [-0.1, -0.05) is 6.92 Å². The van der Waals surface area contributed by atoms with Crippen molar-refractivity contribution in [3.63, 3.8) is 0 Å². The number of hydrogen-bond acceptors (Lipinski definition) is 2. The van der Waals surface area contributed by atoms with Gasteiger partial charge in [-0.3, -0.25) is 4.79 Å². The van der Waals surface area contributed by atoms with Gasteiger partial charge in [-0.2, -0.15) is 0 Å². The first-order chi connectivity index (χ1) is 6.43. The third-order valence-corrected chi connectivity index (χ3v) is 3.42. The summed E-state index contributed by atoms with van der Waals surface area (Å²) in [5.74, 6) is 0.885. The van der Waals surface area contributed by atoms with Crippen molar-refractivity contribution in [3.8, 4) is 0 Å². The van der Waals surface area contributed by atoms with Crippen LogP contribution in [0.25, 0.3) is 0 Å². The number of hydrogen-bond donors (Lipinski definition) is 1. The maximum absolute atomic E-state index is 12.1. The summed E-state index contributed by atoms with van der Waals surface area (Å²) in [6, 6.07) is 0.266. The Labute approximate surface area is 86.6 Å². The minimum atomic E-state index is -0.238. The second-order valence-electron chi connectivity index (χ2n) is 5.01. The topological polar surface area (TPSA) is 46.3 Å². The lowest BCUT2D eigenvalue weighted by molar-refractivity contribution is -0.149. The van der Waals surface area contributed by atoms with E-state index in [0.29, 0.717) is 12.5 Å². The zero-order valence-corrected chi connectivity index (χ0v) is 9.71. The third-order valence-electron chi connectivity index (χ3n) is 3.42.